The zero-order chi connectivity index (χ0) is 19.4. The summed E-state index contributed by atoms with van der Waals surface area (Å²) in [5, 5.41) is 20.0. The van der Waals surface area contributed by atoms with Crippen molar-refractivity contribution in [3.63, 3.8) is 0 Å². The zero-order valence-corrected chi connectivity index (χ0v) is 14.9. The van der Waals surface area contributed by atoms with Gasteiger partial charge in [0.25, 0.3) is 0 Å². The minimum atomic E-state index is -2.82. The molecule has 1 unspecified atom stereocenters. The van der Waals surface area contributed by atoms with Crippen molar-refractivity contribution in [1.29, 1.82) is 0 Å². The van der Waals surface area contributed by atoms with Crippen LogP contribution < -0.4 is 5.73 Å². The molecule has 1 saturated heterocycles. The maximum atomic E-state index is 10.5. The SMILES string of the molecule is C1=CCOC1.Nc1ncnc2c1ncn2[C@@H]1O[C@H](CO[P+](=O)O)[C@@H](O)[C@H]1O. The molecule has 0 radical (unpaired) electrons. The first-order chi connectivity index (χ1) is 13.0. The molecule has 27 heavy (non-hydrogen) atoms. The van der Waals surface area contributed by atoms with E-state index in [0.717, 1.165) is 13.2 Å². The lowest BCUT2D eigenvalue weighted by atomic mass is 10.1. The highest BCUT2D eigenvalue weighted by Gasteiger charge is 2.45. The lowest BCUT2D eigenvalue weighted by molar-refractivity contribution is -0.0476. The Kier molecular flexibility index (Phi) is 6.39. The number of anilines is 1. The van der Waals surface area contributed by atoms with E-state index < -0.39 is 32.8 Å². The summed E-state index contributed by atoms with van der Waals surface area (Å²) >= 11 is 0. The maximum absolute atomic E-state index is 10.5. The number of nitrogens with zero attached hydrogens (tertiary/aromatic N) is 4. The number of imidazole rings is 1. The highest BCUT2D eigenvalue weighted by molar-refractivity contribution is 7.32. The second-order valence-corrected chi connectivity index (χ2v) is 6.41. The van der Waals surface area contributed by atoms with Gasteiger partial charge < -0.3 is 25.4 Å². The second-order valence-electron chi connectivity index (χ2n) is 5.67. The number of rotatable bonds is 4. The molecule has 12 nitrogen and oxygen atoms in total. The number of aliphatic hydroxyl groups is 2. The fraction of sp³-hybridized carbons (Fsp3) is 0.500. The summed E-state index contributed by atoms with van der Waals surface area (Å²) in [7, 11) is -2.82. The van der Waals surface area contributed by atoms with E-state index in [2.05, 4.69) is 19.5 Å². The lowest BCUT2D eigenvalue weighted by Crippen LogP contribution is -2.33. The Balaban J connectivity index is 0.000000364. The van der Waals surface area contributed by atoms with Crippen molar-refractivity contribution in [3.8, 4) is 0 Å². The molecule has 146 valence electrons. The lowest BCUT2D eigenvalue weighted by Gasteiger charge is -2.16. The Morgan fingerprint density at radius 3 is 2.63 bits per heavy atom. The van der Waals surface area contributed by atoms with E-state index in [1.54, 1.807) is 0 Å². The molecule has 5 N–H and O–H groups in total. The molecule has 0 aromatic carbocycles. The quantitative estimate of drug-likeness (QED) is 0.376. The van der Waals surface area contributed by atoms with Gasteiger partial charge in [0.2, 0.25) is 0 Å². The Morgan fingerprint density at radius 1 is 1.26 bits per heavy atom. The van der Waals surface area contributed by atoms with Gasteiger partial charge in [-0.05, 0) is 0 Å². The van der Waals surface area contributed by atoms with Crippen LogP contribution in [0.3, 0.4) is 0 Å². The van der Waals surface area contributed by atoms with Gasteiger partial charge in [0.15, 0.2) is 17.7 Å². The van der Waals surface area contributed by atoms with Crippen LogP contribution >= 0.6 is 8.25 Å². The van der Waals surface area contributed by atoms with Gasteiger partial charge in [-0.2, -0.15) is 0 Å². The third kappa shape index (κ3) is 4.45. The fourth-order valence-electron chi connectivity index (χ4n) is 2.63. The van der Waals surface area contributed by atoms with Crippen molar-refractivity contribution >= 4 is 25.2 Å². The average Bonchev–Trinajstić information content (AvgIpc) is 3.38. The van der Waals surface area contributed by atoms with Crippen LogP contribution in [-0.2, 0) is 18.6 Å². The molecule has 2 aliphatic heterocycles. The topological polar surface area (TPSA) is 175 Å². The standard InChI is InChI=1S/C10H12N5O6P.C4H6O/c11-8-5-9(13-2-12-8)15(3-14-5)10-7(17)6(16)4(21-10)1-20-22(18)19;1-2-4-5-3-1/h2-4,6-7,10,16-17H,1H2,(H2-,11,12,13,18,19);1-2H,3-4H2/p+1/t4-,6-,7-,10-;/m1./s1. The van der Waals surface area contributed by atoms with Gasteiger partial charge in [0.05, 0.1) is 19.5 Å². The fourth-order valence-corrected chi connectivity index (χ4v) is 2.90. The van der Waals surface area contributed by atoms with Crippen LogP contribution in [0.25, 0.3) is 11.2 Å². The highest BCUT2D eigenvalue weighted by atomic mass is 31.1. The predicted octanol–water partition coefficient (Wildman–Crippen LogP) is -0.733. The van der Waals surface area contributed by atoms with Crippen LogP contribution in [0.15, 0.2) is 24.8 Å². The molecule has 0 aliphatic carbocycles. The average molecular weight is 400 g/mol. The number of hydrogen-bond acceptors (Lipinski definition) is 10. The summed E-state index contributed by atoms with van der Waals surface area (Å²) in [4.78, 5) is 20.5. The molecular formula is C14H19N5O7P+. The first-order valence-electron chi connectivity index (χ1n) is 7.95. The van der Waals surface area contributed by atoms with Gasteiger partial charge in [-0.3, -0.25) is 4.57 Å². The summed E-state index contributed by atoms with van der Waals surface area (Å²) < 4.78 is 26.8. The van der Waals surface area contributed by atoms with E-state index in [-0.39, 0.29) is 12.4 Å². The Morgan fingerprint density at radius 2 is 2.00 bits per heavy atom. The van der Waals surface area contributed by atoms with Gasteiger partial charge in [-0.25, -0.2) is 15.0 Å². The van der Waals surface area contributed by atoms with Crippen LogP contribution in [0.4, 0.5) is 5.82 Å². The van der Waals surface area contributed by atoms with Crippen LogP contribution in [0.5, 0.6) is 0 Å². The number of aliphatic hydroxyl groups excluding tert-OH is 2. The van der Waals surface area contributed by atoms with Crippen molar-refractivity contribution in [3.05, 3.63) is 24.8 Å². The zero-order valence-electron chi connectivity index (χ0n) is 14.0. The number of aromatic nitrogens is 4. The van der Waals surface area contributed by atoms with Gasteiger partial charge in [-0.1, -0.05) is 12.2 Å². The van der Waals surface area contributed by atoms with E-state index in [1.165, 1.54) is 17.2 Å². The third-order valence-electron chi connectivity index (χ3n) is 3.94. The van der Waals surface area contributed by atoms with E-state index in [0.29, 0.717) is 11.2 Å². The summed E-state index contributed by atoms with van der Waals surface area (Å²) in [5.74, 6) is 0.175. The van der Waals surface area contributed by atoms with E-state index >= 15 is 0 Å². The summed E-state index contributed by atoms with van der Waals surface area (Å²) in [5.41, 5.74) is 6.35. The minimum Gasteiger partial charge on any atom is -0.387 e. The molecule has 4 heterocycles. The van der Waals surface area contributed by atoms with Crippen LogP contribution in [0.1, 0.15) is 6.23 Å². The van der Waals surface area contributed by atoms with Crippen molar-refractivity contribution in [2.24, 2.45) is 0 Å². The first kappa shape index (κ1) is 19.7. The van der Waals surface area contributed by atoms with Crippen molar-refractivity contribution in [2.75, 3.05) is 25.6 Å². The third-order valence-corrected chi connectivity index (χ3v) is 4.31. The van der Waals surface area contributed by atoms with Crippen molar-refractivity contribution in [1.82, 2.24) is 19.5 Å². The number of nitrogen functional groups attached to an aromatic ring is 1. The predicted molar refractivity (Wildman–Crippen MR) is 91.4 cm³/mol. The highest BCUT2D eigenvalue weighted by Crippen LogP contribution is 2.33. The summed E-state index contributed by atoms with van der Waals surface area (Å²) in [6.07, 6.45) is 2.08. The molecule has 2 aromatic heterocycles. The van der Waals surface area contributed by atoms with Gasteiger partial charge in [-0.15, -0.1) is 9.42 Å². The largest absolute Gasteiger partial charge is 0.694 e. The normalized spacial score (nSPS) is 27.6. The van der Waals surface area contributed by atoms with Crippen LogP contribution in [-0.4, -0.2) is 72.8 Å². The monoisotopic (exact) mass is 400 g/mol. The van der Waals surface area contributed by atoms with E-state index in [4.69, 9.17) is 20.1 Å². The Labute approximate surface area is 154 Å². The number of hydrogen-bond donors (Lipinski definition) is 4. The number of nitrogens with two attached hydrogens (primary N) is 1. The molecule has 13 heteroatoms. The molecular weight excluding hydrogens is 381 g/mol. The van der Waals surface area contributed by atoms with E-state index in [9.17, 15) is 14.8 Å². The van der Waals surface area contributed by atoms with E-state index in [1.807, 2.05) is 12.2 Å². The van der Waals surface area contributed by atoms with Crippen LogP contribution in [0.2, 0.25) is 0 Å². The summed E-state index contributed by atoms with van der Waals surface area (Å²) in [6.45, 7) is 1.30. The van der Waals surface area contributed by atoms with Crippen molar-refractivity contribution < 1.29 is 33.7 Å². The molecule has 2 aliphatic rings. The molecule has 0 spiro atoms. The number of fused-ring (bicyclic) bond motifs is 1. The Bertz CT molecular complexity index is 825. The first-order valence-corrected chi connectivity index (χ1v) is 9.08. The maximum Gasteiger partial charge on any atom is 0.694 e. The Hall–Kier alpha value is -2.05. The minimum absolute atomic E-state index is 0.175. The van der Waals surface area contributed by atoms with Gasteiger partial charge in [0, 0.05) is 4.57 Å². The molecule has 1 fully saturated rings. The smallest absolute Gasteiger partial charge is 0.387 e. The number of ether oxygens (including phenoxy) is 2. The van der Waals surface area contributed by atoms with Crippen LogP contribution in [0, 0.1) is 0 Å². The second kappa shape index (κ2) is 8.76. The van der Waals surface area contributed by atoms with Crippen molar-refractivity contribution in [2.45, 2.75) is 24.5 Å². The van der Waals surface area contributed by atoms with Gasteiger partial charge >= 0.3 is 8.25 Å². The molecule has 2 aromatic rings. The molecule has 0 saturated carbocycles. The van der Waals surface area contributed by atoms with Gasteiger partial charge in [0.1, 0.15) is 36.8 Å². The molecule has 4 rings (SSSR count). The molecule has 5 atom stereocenters. The molecule has 0 amide bonds. The summed E-state index contributed by atoms with van der Waals surface area (Å²) in [6, 6.07) is 0. The molecule has 0 bridgehead atoms.